The van der Waals surface area contributed by atoms with E-state index in [0.717, 1.165) is 0 Å². The Hall–Kier alpha value is -5.75. The molecule has 0 radical (unpaired) electrons. The third-order valence-corrected chi connectivity index (χ3v) is 13.9. The molecule has 0 aliphatic carbocycles. The number of hydrogen-bond acceptors (Lipinski definition) is 34. The Kier molecular flexibility index (Phi) is 50.9. The molecule has 4 fully saturated rings. The SMILES string of the molecule is C#CCNC(=O)C1O[C@@H](O[C@@H]2C(NC(C)=O)[C@H](OC)OC(CO)[C@H]2O)C(O)[C@@H](O)[C@@H]1OC.CCn1cc(CNC(=O)C2O[C@@H](O[C@@H]3C(NC(C)=O)[C@H](OC)OC(CO)[C@H]3O)C(O)[C@@H](O)[C@@H]2OC)nn1.S.S=S.[N-]=[N+]=NCCCNC(=O)CCN.[N-]=[N+]=NCCOCCOCCOCC=O. The summed E-state index contributed by atoms with van der Waals surface area (Å²) < 4.78 is 71.2. The van der Waals surface area contributed by atoms with Gasteiger partial charge in [-0.1, -0.05) is 21.4 Å². The van der Waals surface area contributed by atoms with Crippen molar-refractivity contribution in [1.29, 1.82) is 0 Å². The molecule has 45 heteroatoms. The molecule has 4 aliphatic rings. The molecule has 0 aromatic carbocycles. The molecule has 5 amide bonds. The lowest BCUT2D eigenvalue weighted by Crippen LogP contribution is -2.68. The van der Waals surface area contributed by atoms with Crippen molar-refractivity contribution in [2.24, 2.45) is 16.0 Å². The van der Waals surface area contributed by atoms with Crippen molar-refractivity contribution >= 4 is 71.7 Å². The van der Waals surface area contributed by atoms with E-state index >= 15 is 0 Å². The fourth-order valence-electron chi connectivity index (χ4n) is 9.25. The van der Waals surface area contributed by atoms with Crippen molar-refractivity contribution in [2.45, 2.75) is 169 Å². The summed E-state index contributed by atoms with van der Waals surface area (Å²) in [4.78, 5) is 74.7. The fraction of sp³-hybridized carbons (Fsp3) is 0.815. The van der Waals surface area contributed by atoms with Gasteiger partial charge in [0.1, 0.15) is 104 Å². The molecule has 1 aromatic rings. The number of hydrogen-bond donors (Lipinski definition) is 14. The maximum atomic E-state index is 13.0. The molecule has 5 rings (SSSR count). The normalized spacial score (nSPS) is 28.9. The molecule has 8 unspecified atom stereocenters. The Morgan fingerprint density at radius 3 is 1.56 bits per heavy atom. The molecule has 0 bridgehead atoms. The zero-order valence-electron chi connectivity index (χ0n) is 55.6. The van der Waals surface area contributed by atoms with E-state index in [4.69, 9.17) is 84.8 Å². The number of aldehydes is 1. The van der Waals surface area contributed by atoms with E-state index in [9.17, 15) is 69.6 Å². The van der Waals surface area contributed by atoms with Crippen LogP contribution in [0.5, 0.6) is 0 Å². The number of aryl methyl sites for hydroxylation is 1. The quantitative estimate of drug-likeness (QED) is 0.00750. The number of rotatable bonds is 35. The molecule has 0 saturated carbocycles. The van der Waals surface area contributed by atoms with E-state index in [0.29, 0.717) is 90.6 Å². The Bertz CT molecular complexity index is 2610. The van der Waals surface area contributed by atoms with Crippen LogP contribution in [-0.2, 0) is 126 Å². The maximum Gasteiger partial charge on any atom is 0.252 e. The van der Waals surface area contributed by atoms with Crippen molar-refractivity contribution in [3.8, 4) is 12.3 Å². The highest BCUT2D eigenvalue weighted by Crippen LogP contribution is 2.32. The maximum absolute atomic E-state index is 13.0. The minimum Gasteiger partial charge on any atom is -0.394 e. The van der Waals surface area contributed by atoms with E-state index in [1.165, 1.54) is 42.3 Å². The summed E-state index contributed by atoms with van der Waals surface area (Å²) in [5, 5.41) is 110. The molecular formula is C54H95N15O27S3. The highest BCUT2D eigenvalue weighted by atomic mass is 32.8. The average molecular weight is 1480 g/mol. The van der Waals surface area contributed by atoms with Crippen LogP contribution >= 0.6 is 13.5 Å². The fourth-order valence-corrected chi connectivity index (χ4v) is 9.25. The number of amides is 5. The topological polar surface area (TPSA) is 599 Å². The molecule has 5 heterocycles. The standard InChI is InChI=1S/C21H35N5O11.C19H30N2O11.C8H15N3O4.C6H13N5O.S2.H2S/c1-5-26-7-10(24-25-26)6-22-19(32)18-17(33-3)14(30)15(31)21(37-18)36-16-12(23-9(2)28)20(34-4)35-11(8-27)13(16)29;1-5-6-20-17(27)16-15(28-3)12(25)13(26)19(32-16)31-14-10(21-8(2)23)18(29-4)30-9(7-22)11(14)24;9-11-10-1-3-13-5-7-15-8-6-14-4-2-12;7-3-2-6(12)9-4-1-5-10-11-8;1-2;/h7,11-18,20-21,27,29-31H,5-6,8H2,1-4H3,(H,22,32)(H,23,28);1,9-16,18-19,22,24-26H,6-7H2,2-4H3,(H,20,27)(H,21,23);2H,1,3-8H2;1-5,7H2,(H,9,12);;1H2/t11?,12?,13-,14-,15?,16-,17+,18?,20-,21-;9?,10?,11-,12-,13?,14-,15+,16?,18-,19-;;;;/m11..../s1. The highest BCUT2D eigenvalue weighted by molar-refractivity contribution is 8.07. The summed E-state index contributed by atoms with van der Waals surface area (Å²) in [5.41, 5.74) is 21.5. The zero-order valence-corrected chi connectivity index (χ0v) is 58.2. The van der Waals surface area contributed by atoms with E-state index in [2.05, 4.69) is 85.2 Å². The van der Waals surface area contributed by atoms with Crippen molar-refractivity contribution in [3.05, 3.63) is 32.8 Å². The van der Waals surface area contributed by atoms with Crippen molar-refractivity contribution in [2.75, 3.05) is 114 Å². The van der Waals surface area contributed by atoms with Gasteiger partial charge in [-0.2, -0.15) is 13.5 Å². The van der Waals surface area contributed by atoms with Crippen molar-refractivity contribution in [3.63, 3.8) is 0 Å². The number of nitrogens with one attached hydrogen (secondary N) is 5. The summed E-state index contributed by atoms with van der Waals surface area (Å²) in [6.07, 6.45) is -17.0. The van der Waals surface area contributed by atoms with E-state index < -0.39 is 160 Å². The Morgan fingerprint density at radius 1 is 0.687 bits per heavy atom. The van der Waals surface area contributed by atoms with Gasteiger partial charge in [0.25, 0.3) is 11.8 Å². The predicted molar refractivity (Wildman–Crippen MR) is 348 cm³/mol. The number of aromatic nitrogens is 3. The second kappa shape index (κ2) is 54.0. The number of carbonyl (C=O) groups is 6. The number of aliphatic hydroxyl groups excluding tert-OH is 8. The molecule has 4 saturated heterocycles. The summed E-state index contributed by atoms with van der Waals surface area (Å²) in [6, 6.07) is -2.18. The number of nitrogens with two attached hydrogens (primary N) is 1. The zero-order chi connectivity index (χ0) is 73.7. The second-order valence-corrected chi connectivity index (χ2v) is 20.6. The number of aliphatic hydroxyl groups is 8. The first-order chi connectivity index (χ1) is 47.1. The van der Waals surface area contributed by atoms with Crippen LogP contribution in [0.25, 0.3) is 20.9 Å². The Balaban J connectivity index is 0.00000140. The summed E-state index contributed by atoms with van der Waals surface area (Å²) >= 11 is 7.33. The van der Waals surface area contributed by atoms with Gasteiger partial charge in [-0.05, 0) is 24.4 Å². The van der Waals surface area contributed by atoms with Crippen LogP contribution in [0.4, 0.5) is 0 Å². The first-order valence-corrected chi connectivity index (χ1v) is 31.5. The van der Waals surface area contributed by atoms with Gasteiger partial charge in [0.2, 0.25) is 17.7 Å². The molecule has 566 valence electrons. The average Bonchev–Trinajstić information content (AvgIpc) is 1.03. The lowest BCUT2D eigenvalue weighted by molar-refractivity contribution is -0.338. The van der Waals surface area contributed by atoms with Gasteiger partial charge < -0.3 is 140 Å². The minimum absolute atomic E-state index is 0. The van der Waals surface area contributed by atoms with E-state index in [-0.39, 0.29) is 39.1 Å². The van der Waals surface area contributed by atoms with Crippen molar-refractivity contribution in [1.82, 2.24) is 41.6 Å². The minimum atomic E-state index is -1.71. The largest absolute Gasteiger partial charge is 0.394 e. The molecule has 42 nitrogen and oxygen atoms in total. The number of terminal acetylenes is 1. The van der Waals surface area contributed by atoms with E-state index in [1.807, 2.05) is 6.92 Å². The molecule has 15 N–H and O–H groups in total. The number of ether oxygens (including phenoxy) is 13. The second-order valence-electron chi connectivity index (χ2n) is 20.6. The van der Waals surface area contributed by atoms with Gasteiger partial charge in [-0.15, -0.1) is 11.5 Å². The highest BCUT2D eigenvalue weighted by Gasteiger charge is 2.55. The van der Waals surface area contributed by atoms with Gasteiger partial charge in [0.15, 0.2) is 37.4 Å². The van der Waals surface area contributed by atoms with Crippen molar-refractivity contribution < 1.29 is 131 Å². The first-order valence-electron chi connectivity index (χ1n) is 30.1. The number of carbonyl (C=O) groups excluding carboxylic acids is 6. The number of nitrogens with zero attached hydrogens (tertiary/aromatic N) is 9. The van der Waals surface area contributed by atoms with Crippen LogP contribution in [0.3, 0.4) is 0 Å². The van der Waals surface area contributed by atoms with Crippen LogP contribution in [0.15, 0.2) is 16.4 Å². The Labute approximate surface area is 586 Å². The molecule has 99 heavy (non-hydrogen) atoms. The van der Waals surface area contributed by atoms with Crippen LogP contribution in [0.2, 0.25) is 0 Å². The lowest BCUT2D eigenvalue weighted by Gasteiger charge is -2.47. The monoisotopic (exact) mass is 1480 g/mol. The van der Waals surface area contributed by atoms with Crippen LogP contribution in [0, 0.1) is 12.3 Å². The van der Waals surface area contributed by atoms with Gasteiger partial charge in [0.05, 0.1) is 65.5 Å². The van der Waals surface area contributed by atoms with Gasteiger partial charge in [0, 0.05) is 114 Å². The molecular weight excluding hydrogens is 1390 g/mol. The van der Waals surface area contributed by atoms with E-state index in [1.54, 1.807) is 10.9 Å². The van der Waals surface area contributed by atoms with Crippen LogP contribution in [0.1, 0.15) is 39.3 Å². The molecule has 1 aromatic heterocycles. The van der Waals surface area contributed by atoms with Crippen LogP contribution in [-0.4, -0.2) is 328 Å². The Morgan fingerprint density at radius 2 is 1.15 bits per heavy atom. The smallest absolute Gasteiger partial charge is 0.252 e. The molecule has 20 atom stereocenters. The third-order valence-electron chi connectivity index (χ3n) is 13.9. The molecule has 0 spiro atoms. The lowest BCUT2D eigenvalue weighted by atomic mass is 9.95. The molecule has 4 aliphatic heterocycles. The third kappa shape index (κ3) is 32.4. The summed E-state index contributed by atoms with van der Waals surface area (Å²) in [5.74, 6) is -0.240. The van der Waals surface area contributed by atoms with Gasteiger partial charge in [-0.25, -0.2) is 0 Å². The summed E-state index contributed by atoms with van der Waals surface area (Å²) in [6.45, 7) is 7.52. The van der Waals surface area contributed by atoms with Gasteiger partial charge >= 0.3 is 0 Å². The number of methoxy groups -OCH3 is 4. The van der Waals surface area contributed by atoms with Crippen LogP contribution < -0.4 is 32.3 Å². The number of azide groups is 2. The predicted octanol–water partition coefficient (Wildman–Crippen LogP) is -7.39. The van der Waals surface area contributed by atoms with Gasteiger partial charge in [-0.3, -0.25) is 28.7 Å². The summed E-state index contributed by atoms with van der Waals surface area (Å²) in [7, 11) is 5.04. The first kappa shape index (κ1) is 93.2.